The van der Waals surface area contributed by atoms with E-state index in [1.165, 1.54) is 37.3 Å². The van der Waals surface area contributed by atoms with Crippen molar-refractivity contribution in [2.24, 2.45) is 0 Å². The highest BCUT2D eigenvalue weighted by molar-refractivity contribution is 8.00. The van der Waals surface area contributed by atoms with Crippen LogP contribution in [-0.4, -0.2) is 60.7 Å². The van der Waals surface area contributed by atoms with E-state index >= 15 is 0 Å². The summed E-state index contributed by atoms with van der Waals surface area (Å²) in [6, 6.07) is 0. The molecule has 3 atom stereocenters. The van der Waals surface area contributed by atoms with Gasteiger partial charge in [0.2, 0.25) is 6.41 Å². The minimum absolute atomic E-state index is 0.133. The number of quaternary nitrogens is 1. The third-order valence-corrected chi connectivity index (χ3v) is 6.28. The van der Waals surface area contributed by atoms with Crippen LogP contribution < -0.4 is 4.90 Å². The molecular formula is C14H25N2O3S+. The molecular weight excluding hydrogens is 276 g/mol. The van der Waals surface area contributed by atoms with Crippen LogP contribution in [0.3, 0.4) is 0 Å². The number of hydrogen-bond acceptors (Lipinski definition) is 4. The van der Waals surface area contributed by atoms with Crippen LogP contribution in [0.25, 0.3) is 0 Å². The van der Waals surface area contributed by atoms with Crippen molar-refractivity contribution in [2.75, 3.05) is 33.0 Å². The molecule has 3 rings (SSSR count). The predicted octanol–water partition coefficient (Wildman–Crippen LogP) is 0.0657. The number of fused-ring (bicyclic) bond motifs is 1. The van der Waals surface area contributed by atoms with Crippen molar-refractivity contribution < 1.29 is 19.2 Å². The van der Waals surface area contributed by atoms with Gasteiger partial charge in [0.25, 0.3) is 0 Å². The summed E-state index contributed by atoms with van der Waals surface area (Å²) in [6.45, 7) is 6.77. The smallest absolute Gasteiger partial charge is 0.216 e. The Morgan fingerprint density at radius 1 is 1.40 bits per heavy atom. The van der Waals surface area contributed by atoms with Gasteiger partial charge in [-0.3, -0.25) is 9.69 Å². The summed E-state index contributed by atoms with van der Waals surface area (Å²) in [7, 11) is 0. The van der Waals surface area contributed by atoms with Crippen LogP contribution in [0.2, 0.25) is 0 Å². The number of nitrogens with one attached hydrogen (secondary N) is 1. The van der Waals surface area contributed by atoms with Crippen molar-refractivity contribution in [3.05, 3.63) is 0 Å². The molecule has 3 heterocycles. The van der Waals surface area contributed by atoms with E-state index in [9.17, 15) is 4.79 Å². The van der Waals surface area contributed by atoms with Crippen LogP contribution in [-0.2, 0) is 14.3 Å². The molecule has 0 aliphatic carbocycles. The maximum atomic E-state index is 11.5. The molecule has 0 bridgehead atoms. The largest absolute Gasteiger partial charge is 0.380 e. The number of rotatable bonds is 4. The van der Waals surface area contributed by atoms with E-state index in [1.54, 1.807) is 11.8 Å². The average Bonchev–Trinajstić information content (AvgIpc) is 2.83. The van der Waals surface area contributed by atoms with Gasteiger partial charge >= 0.3 is 0 Å². The number of thioether (sulfide) groups is 1. The van der Waals surface area contributed by atoms with E-state index < -0.39 is 0 Å². The molecule has 3 aliphatic rings. The number of ether oxygens (including phenoxy) is 2. The average molecular weight is 301 g/mol. The zero-order valence-electron chi connectivity index (χ0n) is 12.2. The fourth-order valence-electron chi connectivity index (χ4n) is 3.29. The van der Waals surface area contributed by atoms with Crippen molar-refractivity contribution in [1.82, 2.24) is 4.90 Å². The van der Waals surface area contributed by atoms with Gasteiger partial charge in [-0.1, -0.05) is 11.8 Å². The van der Waals surface area contributed by atoms with Gasteiger partial charge in [0.1, 0.15) is 0 Å². The van der Waals surface area contributed by atoms with Crippen LogP contribution in [0.4, 0.5) is 0 Å². The third kappa shape index (κ3) is 2.98. The van der Waals surface area contributed by atoms with Gasteiger partial charge in [0.05, 0.1) is 30.5 Å². The van der Waals surface area contributed by atoms with Crippen LogP contribution in [0.1, 0.15) is 32.6 Å². The summed E-state index contributed by atoms with van der Waals surface area (Å²) >= 11 is 1.75. The Kier molecular flexibility index (Phi) is 4.55. The lowest BCUT2D eigenvalue weighted by Crippen LogP contribution is -3.14. The highest BCUT2D eigenvalue weighted by Gasteiger charge is 2.49. The first kappa shape index (κ1) is 14.6. The second-order valence-electron chi connectivity index (χ2n) is 6.28. The molecule has 0 aromatic heterocycles. The van der Waals surface area contributed by atoms with Gasteiger partial charge in [-0.15, -0.1) is 0 Å². The second-order valence-corrected chi connectivity index (χ2v) is 7.52. The van der Waals surface area contributed by atoms with Gasteiger partial charge in [0.15, 0.2) is 12.2 Å². The van der Waals surface area contributed by atoms with Crippen molar-refractivity contribution >= 4 is 18.2 Å². The molecule has 20 heavy (non-hydrogen) atoms. The molecule has 3 aliphatic heterocycles. The lowest BCUT2D eigenvalue weighted by molar-refractivity contribution is -0.914. The topological polar surface area (TPSA) is 43.2 Å². The lowest BCUT2D eigenvalue weighted by Gasteiger charge is -2.34. The van der Waals surface area contributed by atoms with Crippen molar-refractivity contribution in [3.63, 3.8) is 0 Å². The maximum absolute atomic E-state index is 11.5. The summed E-state index contributed by atoms with van der Waals surface area (Å²) in [5, 5.41) is 0.347. The fourth-order valence-corrected chi connectivity index (χ4v) is 4.77. The highest BCUT2D eigenvalue weighted by atomic mass is 32.2. The predicted molar refractivity (Wildman–Crippen MR) is 77.4 cm³/mol. The molecule has 0 unspecified atom stereocenters. The quantitative estimate of drug-likeness (QED) is 0.746. The van der Waals surface area contributed by atoms with E-state index in [0.717, 1.165) is 32.7 Å². The first-order valence-electron chi connectivity index (χ1n) is 7.67. The molecule has 0 saturated carbocycles. The van der Waals surface area contributed by atoms with E-state index in [0.29, 0.717) is 5.25 Å². The molecule has 6 heteroatoms. The third-order valence-electron chi connectivity index (χ3n) is 4.72. The summed E-state index contributed by atoms with van der Waals surface area (Å²) in [4.78, 5) is 14.8. The van der Waals surface area contributed by atoms with Gasteiger partial charge in [-0.25, -0.2) is 0 Å². The molecule has 0 aromatic carbocycles. The number of amides is 1. The van der Waals surface area contributed by atoms with E-state index in [-0.39, 0.29) is 11.2 Å². The number of carbonyl (C=O) groups excluding carboxylic acids is 1. The van der Waals surface area contributed by atoms with E-state index in [4.69, 9.17) is 9.47 Å². The summed E-state index contributed by atoms with van der Waals surface area (Å²) in [6.07, 6.45) is 5.76. The molecule has 3 saturated heterocycles. The van der Waals surface area contributed by atoms with Crippen LogP contribution in [0.5, 0.6) is 0 Å². The summed E-state index contributed by atoms with van der Waals surface area (Å²) < 4.78 is 11.8. The first-order valence-corrected chi connectivity index (χ1v) is 8.61. The minimum atomic E-state index is -0.140. The Labute approximate surface area is 124 Å². The molecule has 1 amide bonds. The SMILES string of the molecule is C[C@@]12CCOC[C@@H]1S[C@H](N(C=O)C[NH+]1CCCCC1)O2. The molecule has 0 radical (unpaired) electrons. The highest BCUT2D eigenvalue weighted by Crippen LogP contribution is 2.45. The Balaban J connectivity index is 1.60. The van der Waals surface area contributed by atoms with Gasteiger partial charge in [-0.05, 0) is 26.2 Å². The zero-order chi connectivity index (χ0) is 14.0. The normalized spacial score (nSPS) is 38.5. The molecule has 0 spiro atoms. The van der Waals surface area contributed by atoms with E-state index in [1.807, 2.05) is 4.90 Å². The molecule has 114 valence electrons. The van der Waals surface area contributed by atoms with Gasteiger partial charge in [0, 0.05) is 13.0 Å². The Morgan fingerprint density at radius 2 is 2.20 bits per heavy atom. The molecule has 5 nitrogen and oxygen atoms in total. The number of nitrogens with zero attached hydrogens (tertiary/aromatic N) is 1. The molecule has 1 N–H and O–H groups in total. The monoisotopic (exact) mass is 301 g/mol. The van der Waals surface area contributed by atoms with Crippen LogP contribution in [0.15, 0.2) is 0 Å². The lowest BCUT2D eigenvalue weighted by atomic mass is 9.96. The van der Waals surface area contributed by atoms with Crippen LogP contribution >= 0.6 is 11.8 Å². The minimum Gasteiger partial charge on any atom is -0.380 e. The first-order chi connectivity index (χ1) is 9.71. The Morgan fingerprint density at radius 3 is 2.90 bits per heavy atom. The Hall–Kier alpha value is -0.300. The number of likely N-dealkylation sites (tertiary alicyclic amines) is 1. The van der Waals surface area contributed by atoms with E-state index in [2.05, 4.69) is 6.92 Å². The standard InChI is InChI=1S/C14H24N2O3S/c1-14-5-8-18-9-12(14)20-13(19-14)16(11-17)10-15-6-3-2-4-7-15/h11-13H,2-10H2,1H3/p+1/t12-,13+,14+/m0/s1. The van der Waals surface area contributed by atoms with Crippen molar-refractivity contribution in [1.29, 1.82) is 0 Å². The fraction of sp³-hybridized carbons (Fsp3) is 0.929. The van der Waals surface area contributed by atoms with Crippen LogP contribution in [0, 0.1) is 0 Å². The van der Waals surface area contributed by atoms with Crippen molar-refractivity contribution in [2.45, 2.75) is 49.0 Å². The summed E-state index contributed by atoms with van der Waals surface area (Å²) in [5.74, 6) is 0. The van der Waals surface area contributed by atoms with Gasteiger partial charge < -0.3 is 14.4 Å². The Bertz CT molecular complexity index is 351. The van der Waals surface area contributed by atoms with Gasteiger partial charge in [-0.2, -0.15) is 0 Å². The number of piperidine rings is 1. The second kappa shape index (κ2) is 6.22. The molecule has 0 aromatic rings. The number of hydrogen-bond donors (Lipinski definition) is 1. The van der Waals surface area contributed by atoms with Crippen molar-refractivity contribution in [3.8, 4) is 0 Å². The number of carbonyl (C=O) groups is 1. The zero-order valence-corrected chi connectivity index (χ0v) is 13.0. The maximum Gasteiger partial charge on any atom is 0.216 e. The molecule has 3 fully saturated rings. The summed E-state index contributed by atoms with van der Waals surface area (Å²) in [5.41, 5.74) is -0.273.